The van der Waals surface area contributed by atoms with Crippen LogP contribution in [-0.2, 0) is 25.5 Å². The summed E-state index contributed by atoms with van der Waals surface area (Å²) in [7, 11) is 0. The highest BCUT2D eigenvalue weighted by Gasteiger charge is 2.41. The molecule has 7 rings (SSSR count). The third-order valence-corrected chi connectivity index (χ3v) is 8.19. The number of carbonyl (C=O) groups excluding carboxylic acids is 3. The molecule has 1 saturated heterocycles. The van der Waals surface area contributed by atoms with Crippen LogP contribution in [0.5, 0.6) is 0 Å². The molecule has 1 unspecified atom stereocenters. The lowest BCUT2D eigenvalue weighted by Crippen LogP contribution is -2.38. The van der Waals surface area contributed by atoms with Gasteiger partial charge in [-0.3, -0.25) is 29.1 Å². The Bertz CT molecular complexity index is 1620. The molecule has 1 atom stereocenters. The number of morpholine rings is 1. The fourth-order valence-corrected chi connectivity index (χ4v) is 6.31. The number of rotatable bonds is 4. The van der Waals surface area contributed by atoms with Crippen LogP contribution in [0.25, 0.3) is 11.2 Å². The van der Waals surface area contributed by atoms with Gasteiger partial charge in [0.25, 0.3) is 11.8 Å². The zero-order valence-electron chi connectivity index (χ0n) is 20.2. The summed E-state index contributed by atoms with van der Waals surface area (Å²) in [5, 5.41) is 2.49. The summed E-state index contributed by atoms with van der Waals surface area (Å²) < 4.78 is 9.23. The number of imidazole rings is 1. The molecule has 11 heteroatoms. The van der Waals surface area contributed by atoms with Crippen LogP contribution in [0.3, 0.4) is 0 Å². The fourth-order valence-electron chi connectivity index (χ4n) is 5.41. The number of nitrogens with zero attached hydrogens (tertiary/aromatic N) is 5. The molecule has 10 nitrogen and oxygen atoms in total. The van der Waals surface area contributed by atoms with E-state index in [0.29, 0.717) is 55.3 Å². The molecule has 1 aromatic carbocycles. The van der Waals surface area contributed by atoms with Crippen molar-refractivity contribution in [2.45, 2.75) is 12.5 Å². The number of anilines is 1. The largest absolute Gasteiger partial charge is 0.379 e. The van der Waals surface area contributed by atoms with Crippen molar-refractivity contribution in [2.24, 2.45) is 4.99 Å². The lowest BCUT2D eigenvalue weighted by Gasteiger charge is -2.28. The Morgan fingerprint density at radius 1 is 1.05 bits per heavy atom. The van der Waals surface area contributed by atoms with Gasteiger partial charge in [0.15, 0.2) is 0 Å². The van der Waals surface area contributed by atoms with Gasteiger partial charge in [-0.2, -0.15) is 0 Å². The molecule has 38 heavy (non-hydrogen) atoms. The van der Waals surface area contributed by atoms with Crippen LogP contribution in [0, 0.1) is 0 Å². The minimum Gasteiger partial charge on any atom is -0.379 e. The predicted molar refractivity (Wildman–Crippen MR) is 142 cm³/mol. The van der Waals surface area contributed by atoms with Crippen LogP contribution in [-0.4, -0.2) is 68.7 Å². The maximum atomic E-state index is 13.4. The van der Waals surface area contributed by atoms with Crippen molar-refractivity contribution >= 4 is 51.5 Å². The first-order valence-corrected chi connectivity index (χ1v) is 13.1. The smallest absolute Gasteiger partial charge is 0.261 e. The van der Waals surface area contributed by atoms with Crippen LogP contribution in [0.2, 0.25) is 0 Å². The minimum atomic E-state index is -0.511. The van der Waals surface area contributed by atoms with E-state index in [0.717, 1.165) is 11.3 Å². The first-order valence-electron chi connectivity index (χ1n) is 12.3. The average Bonchev–Trinajstić information content (AvgIpc) is 3.56. The van der Waals surface area contributed by atoms with E-state index in [1.165, 1.54) is 11.9 Å². The molecule has 4 aliphatic heterocycles. The number of hydrogen-bond acceptors (Lipinski definition) is 9. The van der Waals surface area contributed by atoms with Gasteiger partial charge < -0.3 is 9.64 Å². The third kappa shape index (κ3) is 3.62. The quantitative estimate of drug-likeness (QED) is 0.406. The van der Waals surface area contributed by atoms with Crippen molar-refractivity contribution in [1.82, 2.24) is 19.0 Å². The molecular weight excluding hydrogens is 504 g/mol. The molecule has 3 aromatic rings. The summed E-state index contributed by atoms with van der Waals surface area (Å²) in [6.45, 7) is 2.63. The van der Waals surface area contributed by atoms with Crippen molar-refractivity contribution in [3.63, 3.8) is 0 Å². The van der Waals surface area contributed by atoms with E-state index in [-0.39, 0.29) is 16.3 Å². The highest BCUT2D eigenvalue weighted by atomic mass is 32.2. The minimum absolute atomic E-state index is 0.0431. The number of aromatic nitrogens is 2. The molecule has 1 N–H and O–H groups in total. The summed E-state index contributed by atoms with van der Waals surface area (Å²) in [6, 6.07) is 10.9. The molecule has 2 amide bonds. The molecule has 0 aliphatic carbocycles. The topological polar surface area (TPSA) is 109 Å². The number of pyridine rings is 1. The number of fused-ring (bicyclic) bond motifs is 1. The second-order valence-corrected chi connectivity index (χ2v) is 10.4. The van der Waals surface area contributed by atoms with Crippen molar-refractivity contribution in [1.29, 1.82) is 0 Å². The molecule has 2 aromatic heterocycles. The molecule has 4 aliphatic rings. The standard InChI is InChI=1S/C27H22N6O4S/c34-25-21(19-15-29-20-6-1-2-8-32(19)20)22(26(35)30-25)23-17-5-3-4-16-14-18(33(24(16)17)9-7-28-23)27(36)38-31-10-12-37-13-11-31/h1-9,15,18H,10-14H2,(H,30,34,35). The molecule has 0 radical (unpaired) electrons. The first-order chi connectivity index (χ1) is 18.6. The van der Waals surface area contributed by atoms with Gasteiger partial charge in [0, 0.05) is 43.7 Å². The summed E-state index contributed by atoms with van der Waals surface area (Å²) in [5.74, 6) is -1.01. The van der Waals surface area contributed by atoms with Crippen molar-refractivity contribution in [3.8, 4) is 0 Å². The number of para-hydroxylation sites is 1. The lowest BCUT2D eigenvalue weighted by atomic mass is 9.94. The SMILES string of the molecule is O=C1NC(=O)C(c2cnc3ccccn23)=C1C1=NC=CN2c3c(cccc31)CC2C(=O)SN1CCOCC1. The summed E-state index contributed by atoms with van der Waals surface area (Å²) in [5.41, 5.74) is 4.49. The number of ether oxygens (including phenoxy) is 1. The van der Waals surface area contributed by atoms with Gasteiger partial charge in [-0.05, 0) is 29.6 Å². The Morgan fingerprint density at radius 2 is 1.89 bits per heavy atom. The Morgan fingerprint density at radius 3 is 2.76 bits per heavy atom. The first kappa shape index (κ1) is 23.1. The van der Waals surface area contributed by atoms with E-state index in [1.807, 2.05) is 45.6 Å². The summed E-state index contributed by atoms with van der Waals surface area (Å²) >= 11 is 1.24. The lowest BCUT2D eigenvalue weighted by molar-refractivity contribution is -0.123. The van der Waals surface area contributed by atoms with Gasteiger partial charge in [0.05, 0.1) is 47.6 Å². The highest BCUT2D eigenvalue weighted by molar-refractivity contribution is 8.11. The van der Waals surface area contributed by atoms with Gasteiger partial charge in [-0.1, -0.05) is 24.3 Å². The van der Waals surface area contributed by atoms with Gasteiger partial charge in [-0.15, -0.1) is 0 Å². The van der Waals surface area contributed by atoms with E-state index in [1.54, 1.807) is 29.2 Å². The van der Waals surface area contributed by atoms with E-state index in [9.17, 15) is 14.4 Å². The number of carbonyl (C=O) groups is 3. The highest BCUT2D eigenvalue weighted by Crippen LogP contribution is 2.41. The molecule has 6 heterocycles. The zero-order chi connectivity index (χ0) is 25.8. The molecule has 0 spiro atoms. The van der Waals surface area contributed by atoms with Crippen LogP contribution >= 0.6 is 11.9 Å². The predicted octanol–water partition coefficient (Wildman–Crippen LogP) is 1.96. The zero-order valence-corrected chi connectivity index (χ0v) is 21.0. The van der Waals surface area contributed by atoms with Gasteiger partial charge in [-0.25, -0.2) is 9.29 Å². The normalized spacial score (nSPS) is 21.1. The maximum absolute atomic E-state index is 13.4. The van der Waals surface area contributed by atoms with Gasteiger partial charge in [0.2, 0.25) is 5.12 Å². The van der Waals surface area contributed by atoms with E-state index in [2.05, 4.69) is 15.3 Å². The number of benzene rings is 1. The number of amides is 2. The Labute approximate surface area is 221 Å². The Balaban J connectivity index is 1.31. The Hall–Kier alpha value is -4.06. The van der Waals surface area contributed by atoms with Crippen LogP contribution in [0.4, 0.5) is 5.69 Å². The van der Waals surface area contributed by atoms with E-state index < -0.39 is 17.9 Å². The molecule has 0 saturated carbocycles. The number of hydrogen-bond donors (Lipinski definition) is 1. The van der Waals surface area contributed by atoms with Crippen LogP contribution in [0.15, 0.2) is 71.8 Å². The van der Waals surface area contributed by atoms with E-state index >= 15 is 0 Å². The molecular formula is C27H22N6O4S. The summed E-state index contributed by atoms with van der Waals surface area (Å²) in [6.07, 6.45) is 7.32. The maximum Gasteiger partial charge on any atom is 0.261 e. The van der Waals surface area contributed by atoms with Gasteiger partial charge in [0.1, 0.15) is 11.7 Å². The van der Waals surface area contributed by atoms with Crippen molar-refractivity contribution < 1.29 is 19.1 Å². The van der Waals surface area contributed by atoms with Crippen molar-refractivity contribution in [3.05, 3.63) is 83.6 Å². The number of imide groups is 1. The second kappa shape index (κ2) is 9.05. The third-order valence-electron chi connectivity index (χ3n) is 7.12. The fraction of sp³-hybridized carbons (Fsp3) is 0.222. The molecule has 0 bridgehead atoms. The van der Waals surface area contributed by atoms with Crippen LogP contribution in [0.1, 0.15) is 16.8 Å². The number of nitrogens with one attached hydrogen (secondary N) is 1. The van der Waals surface area contributed by atoms with E-state index in [4.69, 9.17) is 4.74 Å². The Kier molecular flexibility index (Phi) is 5.50. The van der Waals surface area contributed by atoms with Crippen molar-refractivity contribution in [2.75, 3.05) is 31.2 Å². The van der Waals surface area contributed by atoms with Gasteiger partial charge >= 0.3 is 0 Å². The second-order valence-electron chi connectivity index (χ2n) is 9.27. The summed E-state index contributed by atoms with van der Waals surface area (Å²) in [4.78, 5) is 50.7. The molecule has 1 fully saturated rings. The molecule has 190 valence electrons. The van der Waals surface area contributed by atoms with Crippen LogP contribution < -0.4 is 10.2 Å². The monoisotopic (exact) mass is 526 g/mol. The number of aliphatic imine (C=N–C) groups is 1. The average molecular weight is 527 g/mol.